The SMILES string of the molecule is NCC1(CC(=O)Nc2cccc(O)c2)CCC1. The minimum atomic E-state index is -0.0271. The van der Waals surface area contributed by atoms with Crippen LogP contribution in [-0.4, -0.2) is 17.6 Å². The molecule has 4 nitrogen and oxygen atoms in total. The predicted molar refractivity (Wildman–Crippen MR) is 66.7 cm³/mol. The van der Waals surface area contributed by atoms with Gasteiger partial charge in [0.05, 0.1) is 0 Å². The highest BCUT2D eigenvalue weighted by Gasteiger charge is 2.37. The van der Waals surface area contributed by atoms with Crippen molar-refractivity contribution in [2.75, 3.05) is 11.9 Å². The Bertz CT molecular complexity index is 408. The fraction of sp³-hybridized carbons (Fsp3) is 0.462. The Kier molecular flexibility index (Phi) is 3.33. The molecular weight excluding hydrogens is 216 g/mol. The summed E-state index contributed by atoms with van der Waals surface area (Å²) in [7, 11) is 0. The van der Waals surface area contributed by atoms with Crippen LogP contribution in [0.3, 0.4) is 0 Å². The van der Waals surface area contributed by atoms with E-state index in [0.717, 1.165) is 19.3 Å². The van der Waals surface area contributed by atoms with E-state index in [2.05, 4.69) is 5.32 Å². The lowest BCUT2D eigenvalue weighted by Gasteiger charge is -2.40. The molecule has 0 bridgehead atoms. The van der Waals surface area contributed by atoms with Gasteiger partial charge in [0.15, 0.2) is 0 Å². The van der Waals surface area contributed by atoms with E-state index >= 15 is 0 Å². The average Bonchev–Trinajstić information content (AvgIpc) is 2.23. The molecule has 4 heteroatoms. The van der Waals surface area contributed by atoms with Crippen molar-refractivity contribution in [2.24, 2.45) is 11.1 Å². The molecule has 1 aromatic rings. The first kappa shape index (κ1) is 11.9. The van der Waals surface area contributed by atoms with Gasteiger partial charge in [0.25, 0.3) is 0 Å². The first-order valence-corrected chi connectivity index (χ1v) is 5.93. The van der Waals surface area contributed by atoms with Crippen molar-refractivity contribution < 1.29 is 9.90 Å². The van der Waals surface area contributed by atoms with Gasteiger partial charge >= 0.3 is 0 Å². The third-order valence-corrected chi connectivity index (χ3v) is 3.51. The van der Waals surface area contributed by atoms with Crippen molar-refractivity contribution in [3.63, 3.8) is 0 Å². The number of nitrogens with two attached hydrogens (primary N) is 1. The van der Waals surface area contributed by atoms with Crippen LogP contribution in [0.1, 0.15) is 25.7 Å². The number of amides is 1. The predicted octanol–water partition coefficient (Wildman–Crippen LogP) is 1.85. The first-order chi connectivity index (χ1) is 8.13. The summed E-state index contributed by atoms with van der Waals surface area (Å²) in [6.07, 6.45) is 3.71. The van der Waals surface area contributed by atoms with Gasteiger partial charge in [-0.25, -0.2) is 0 Å². The Morgan fingerprint density at radius 3 is 2.76 bits per heavy atom. The average molecular weight is 234 g/mol. The van der Waals surface area contributed by atoms with E-state index in [0.29, 0.717) is 18.7 Å². The molecule has 1 aromatic carbocycles. The number of benzene rings is 1. The van der Waals surface area contributed by atoms with Gasteiger partial charge in [-0.05, 0) is 36.9 Å². The number of nitrogens with one attached hydrogen (secondary N) is 1. The zero-order valence-corrected chi connectivity index (χ0v) is 9.78. The fourth-order valence-corrected chi connectivity index (χ4v) is 2.26. The highest BCUT2D eigenvalue weighted by molar-refractivity contribution is 5.91. The Morgan fingerprint density at radius 1 is 1.47 bits per heavy atom. The van der Waals surface area contributed by atoms with Crippen LogP contribution in [-0.2, 0) is 4.79 Å². The molecule has 0 heterocycles. The fourth-order valence-electron chi connectivity index (χ4n) is 2.26. The van der Waals surface area contributed by atoms with Gasteiger partial charge in [-0.1, -0.05) is 12.5 Å². The number of phenolic OH excluding ortho intramolecular Hbond substituents is 1. The molecule has 1 fully saturated rings. The van der Waals surface area contributed by atoms with Gasteiger partial charge in [-0.2, -0.15) is 0 Å². The molecule has 0 aliphatic heterocycles. The number of carbonyl (C=O) groups excluding carboxylic acids is 1. The summed E-state index contributed by atoms with van der Waals surface area (Å²) in [5, 5.41) is 12.1. The van der Waals surface area contributed by atoms with Gasteiger partial charge in [0.2, 0.25) is 5.91 Å². The second kappa shape index (κ2) is 4.75. The summed E-state index contributed by atoms with van der Waals surface area (Å²) in [5.41, 5.74) is 6.36. The van der Waals surface area contributed by atoms with Crippen molar-refractivity contribution in [3.8, 4) is 5.75 Å². The zero-order valence-electron chi connectivity index (χ0n) is 9.78. The molecule has 0 spiro atoms. The van der Waals surface area contributed by atoms with Crippen molar-refractivity contribution >= 4 is 11.6 Å². The van der Waals surface area contributed by atoms with Crippen molar-refractivity contribution in [3.05, 3.63) is 24.3 Å². The Labute approximate surface area is 101 Å². The lowest BCUT2D eigenvalue weighted by Crippen LogP contribution is -2.40. The maximum Gasteiger partial charge on any atom is 0.224 e. The molecule has 1 aliphatic rings. The molecule has 2 rings (SSSR count). The van der Waals surface area contributed by atoms with Crippen LogP contribution in [0.4, 0.5) is 5.69 Å². The van der Waals surface area contributed by atoms with E-state index < -0.39 is 0 Å². The third-order valence-electron chi connectivity index (χ3n) is 3.51. The molecule has 0 saturated heterocycles. The van der Waals surface area contributed by atoms with E-state index in [4.69, 9.17) is 5.73 Å². The molecular formula is C13H18N2O2. The van der Waals surface area contributed by atoms with E-state index in [1.54, 1.807) is 18.2 Å². The van der Waals surface area contributed by atoms with Crippen LogP contribution in [0.5, 0.6) is 5.75 Å². The van der Waals surface area contributed by atoms with Crippen LogP contribution in [0.2, 0.25) is 0 Å². The summed E-state index contributed by atoms with van der Waals surface area (Å²) in [6, 6.07) is 6.57. The molecule has 0 aromatic heterocycles. The topological polar surface area (TPSA) is 75.4 Å². The monoisotopic (exact) mass is 234 g/mol. The quantitative estimate of drug-likeness (QED) is 0.744. The standard InChI is InChI=1S/C13H18N2O2/c14-9-13(5-2-6-13)8-12(17)15-10-3-1-4-11(16)7-10/h1,3-4,7,16H,2,5-6,8-9,14H2,(H,15,17). The van der Waals surface area contributed by atoms with Gasteiger partial charge < -0.3 is 16.2 Å². The molecule has 0 atom stereocenters. The van der Waals surface area contributed by atoms with E-state index in [1.165, 1.54) is 6.07 Å². The minimum Gasteiger partial charge on any atom is -0.508 e. The largest absolute Gasteiger partial charge is 0.508 e. The van der Waals surface area contributed by atoms with Crippen LogP contribution in [0, 0.1) is 5.41 Å². The molecule has 92 valence electrons. The van der Waals surface area contributed by atoms with Gasteiger partial charge in [0, 0.05) is 18.2 Å². The highest BCUT2D eigenvalue weighted by atomic mass is 16.3. The molecule has 17 heavy (non-hydrogen) atoms. The van der Waals surface area contributed by atoms with Crippen molar-refractivity contribution in [1.82, 2.24) is 0 Å². The number of aromatic hydroxyl groups is 1. The molecule has 1 saturated carbocycles. The maximum absolute atomic E-state index is 11.8. The molecule has 0 unspecified atom stereocenters. The zero-order chi connectivity index (χ0) is 12.3. The van der Waals surface area contributed by atoms with Crippen LogP contribution >= 0.6 is 0 Å². The second-order valence-corrected chi connectivity index (χ2v) is 4.83. The van der Waals surface area contributed by atoms with Crippen molar-refractivity contribution in [1.29, 1.82) is 0 Å². The Hall–Kier alpha value is -1.55. The summed E-state index contributed by atoms with van der Waals surface area (Å²) in [4.78, 5) is 11.8. The number of hydrogen-bond donors (Lipinski definition) is 3. The summed E-state index contributed by atoms with van der Waals surface area (Å²) in [6.45, 7) is 0.570. The lowest BCUT2D eigenvalue weighted by molar-refractivity contribution is -0.119. The lowest BCUT2D eigenvalue weighted by atomic mass is 9.66. The molecule has 4 N–H and O–H groups in total. The maximum atomic E-state index is 11.8. The number of phenols is 1. The van der Waals surface area contributed by atoms with Gasteiger partial charge in [-0.15, -0.1) is 0 Å². The Balaban J connectivity index is 1.93. The van der Waals surface area contributed by atoms with Crippen LogP contribution < -0.4 is 11.1 Å². The highest BCUT2D eigenvalue weighted by Crippen LogP contribution is 2.43. The van der Waals surface area contributed by atoms with Crippen LogP contribution in [0.15, 0.2) is 24.3 Å². The number of carbonyl (C=O) groups is 1. The second-order valence-electron chi connectivity index (χ2n) is 4.83. The molecule has 1 amide bonds. The van der Waals surface area contributed by atoms with Crippen molar-refractivity contribution in [2.45, 2.75) is 25.7 Å². The number of anilines is 1. The normalized spacial score (nSPS) is 17.2. The third kappa shape index (κ3) is 2.77. The van der Waals surface area contributed by atoms with Gasteiger partial charge in [-0.3, -0.25) is 4.79 Å². The number of hydrogen-bond acceptors (Lipinski definition) is 3. The molecule has 0 radical (unpaired) electrons. The van der Waals surface area contributed by atoms with E-state index in [-0.39, 0.29) is 17.1 Å². The minimum absolute atomic E-state index is 0.0148. The number of rotatable bonds is 4. The molecule has 1 aliphatic carbocycles. The van der Waals surface area contributed by atoms with Crippen LogP contribution in [0.25, 0.3) is 0 Å². The van der Waals surface area contributed by atoms with E-state index in [9.17, 15) is 9.90 Å². The smallest absolute Gasteiger partial charge is 0.224 e. The summed E-state index contributed by atoms with van der Waals surface area (Å²) >= 11 is 0. The van der Waals surface area contributed by atoms with Gasteiger partial charge in [0.1, 0.15) is 5.75 Å². The Morgan fingerprint density at radius 2 is 2.24 bits per heavy atom. The van der Waals surface area contributed by atoms with E-state index in [1.807, 2.05) is 0 Å². The summed E-state index contributed by atoms with van der Waals surface area (Å²) in [5.74, 6) is 0.126. The first-order valence-electron chi connectivity index (χ1n) is 5.93. The summed E-state index contributed by atoms with van der Waals surface area (Å²) < 4.78 is 0.